The van der Waals surface area contributed by atoms with Crippen molar-refractivity contribution in [1.29, 1.82) is 0 Å². The van der Waals surface area contributed by atoms with Gasteiger partial charge in [0.25, 0.3) is 0 Å². The smallest absolute Gasteiger partial charge is 0.398 e. The molecule has 1 saturated heterocycles. The minimum Gasteiger partial charge on any atom is -0.398 e. The first-order valence-corrected chi connectivity index (χ1v) is 7.96. The van der Waals surface area contributed by atoms with Crippen LogP contribution in [0.5, 0.6) is 0 Å². The van der Waals surface area contributed by atoms with Crippen molar-refractivity contribution in [3.8, 4) is 0 Å². The highest BCUT2D eigenvalue weighted by atomic mass is 16.7. The van der Waals surface area contributed by atoms with Gasteiger partial charge >= 0.3 is 7.12 Å². The summed E-state index contributed by atoms with van der Waals surface area (Å²) in [5, 5.41) is 3.52. The van der Waals surface area contributed by atoms with Crippen LogP contribution >= 0.6 is 0 Å². The fraction of sp³-hybridized carbons (Fsp3) is 0.688. The predicted molar refractivity (Wildman–Crippen MR) is 85.8 cm³/mol. The SMILES string of the molecule is CC1(C)OB(c2cccc(NC3CCCC3)n2)OC1(C)C. The van der Waals surface area contributed by atoms with E-state index in [-0.39, 0.29) is 18.3 Å². The largest absolute Gasteiger partial charge is 0.514 e. The molecule has 0 atom stereocenters. The number of aromatic nitrogens is 1. The Morgan fingerprint density at radius 1 is 1.10 bits per heavy atom. The van der Waals surface area contributed by atoms with Crippen LogP contribution in [0.25, 0.3) is 0 Å². The summed E-state index contributed by atoms with van der Waals surface area (Å²) in [5.74, 6) is 0.925. The Balaban J connectivity index is 1.74. The van der Waals surface area contributed by atoms with Gasteiger partial charge in [0, 0.05) is 6.04 Å². The quantitative estimate of drug-likeness (QED) is 0.869. The monoisotopic (exact) mass is 288 g/mol. The Labute approximate surface area is 127 Å². The highest BCUT2D eigenvalue weighted by molar-refractivity contribution is 6.61. The van der Waals surface area contributed by atoms with Crippen molar-refractivity contribution in [2.75, 3.05) is 5.32 Å². The van der Waals surface area contributed by atoms with Crippen LogP contribution in [0.4, 0.5) is 5.82 Å². The summed E-state index contributed by atoms with van der Waals surface area (Å²) in [6.45, 7) is 8.25. The van der Waals surface area contributed by atoms with Crippen LogP contribution in [0.3, 0.4) is 0 Å². The van der Waals surface area contributed by atoms with E-state index in [4.69, 9.17) is 9.31 Å². The maximum atomic E-state index is 6.06. The second kappa shape index (κ2) is 5.29. The lowest BCUT2D eigenvalue weighted by molar-refractivity contribution is 0.00578. The van der Waals surface area contributed by atoms with Crippen molar-refractivity contribution in [3.05, 3.63) is 18.2 Å². The molecule has 0 radical (unpaired) electrons. The first kappa shape index (κ1) is 14.9. The summed E-state index contributed by atoms with van der Waals surface area (Å²) >= 11 is 0. The Morgan fingerprint density at radius 3 is 2.33 bits per heavy atom. The summed E-state index contributed by atoms with van der Waals surface area (Å²) in [7, 11) is -0.389. The minimum atomic E-state index is -0.389. The van der Waals surface area contributed by atoms with Crippen LogP contribution in [0.2, 0.25) is 0 Å². The Morgan fingerprint density at radius 2 is 1.71 bits per heavy atom. The number of anilines is 1. The van der Waals surface area contributed by atoms with Crippen molar-refractivity contribution in [2.45, 2.75) is 70.6 Å². The van der Waals surface area contributed by atoms with Crippen molar-refractivity contribution >= 4 is 18.5 Å². The van der Waals surface area contributed by atoms with Gasteiger partial charge in [0.1, 0.15) is 5.82 Å². The summed E-state index contributed by atoms with van der Waals surface area (Å²) in [4.78, 5) is 4.69. The normalized spacial score (nSPS) is 24.5. The summed E-state index contributed by atoms with van der Waals surface area (Å²) < 4.78 is 12.1. The van der Waals surface area contributed by atoms with Gasteiger partial charge in [-0.05, 0) is 52.7 Å². The van der Waals surface area contributed by atoms with E-state index in [0.717, 1.165) is 11.4 Å². The molecule has 2 fully saturated rings. The lowest BCUT2D eigenvalue weighted by atomic mass is 9.84. The molecule has 1 saturated carbocycles. The van der Waals surface area contributed by atoms with Gasteiger partial charge in [-0.25, -0.2) is 4.98 Å². The zero-order valence-electron chi connectivity index (χ0n) is 13.5. The van der Waals surface area contributed by atoms with Crippen molar-refractivity contribution in [1.82, 2.24) is 4.98 Å². The Bertz CT molecular complexity index is 497. The van der Waals surface area contributed by atoms with Crippen molar-refractivity contribution in [2.24, 2.45) is 0 Å². The number of nitrogens with zero attached hydrogens (tertiary/aromatic N) is 1. The Kier molecular flexibility index (Phi) is 3.74. The van der Waals surface area contributed by atoms with E-state index in [1.54, 1.807) is 0 Å². The van der Waals surface area contributed by atoms with Gasteiger partial charge in [0.2, 0.25) is 0 Å². The fourth-order valence-corrected chi connectivity index (χ4v) is 2.91. The molecule has 1 aromatic rings. The lowest BCUT2D eigenvalue weighted by Crippen LogP contribution is -2.41. The second-order valence-corrected chi connectivity index (χ2v) is 7.16. The maximum Gasteiger partial charge on any atom is 0.514 e. The van der Waals surface area contributed by atoms with Gasteiger partial charge in [0.15, 0.2) is 0 Å². The number of nitrogens with one attached hydrogen (secondary N) is 1. The highest BCUT2D eigenvalue weighted by Crippen LogP contribution is 2.36. The molecule has 1 aromatic heterocycles. The third kappa shape index (κ3) is 2.95. The van der Waals surface area contributed by atoms with Crippen LogP contribution < -0.4 is 10.9 Å². The predicted octanol–water partition coefficient (Wildman–Crippen LogP) is 2.74. The molecule has 0 amide bonds. The molecule has 1 aliphatic heterocycles. The molecule has 2 aliphatic rings. The fourth-order valence-electron chi connectivity index (χ4n) is 2.91. The molecule has 0 unspecified atom stereocenters. The van der Waals surface area contributed by atoms with Gasteiger partial charge in [-0.1, -0.05) is 18.9 Å². The van der Waals surface area contributed by atoms with Gasteiger partial charge in [-0.2, -0.15) is 0 Å². The summed E-state index contributed by atoms with van der Waals surface area (Å²) in [6, 6.07) is 6.57. The molecule has 5 heteroatoms. The third-order valence-electron chi connectivity index (χ3n) is 4.97. The molecule has 1 aliphatic carbocycles. The van der Waals surface area contributed by atoms with E-state index < -0.39 is 0 Å². The zero-order valence-corrected chi connectivity index (χ0v) is 13.5. The number of hydrogen-bond acceptors (Lipinski definition) is 4. The van der Waals surface area contributed by atoms with E-state index >= 15 is 0 Å². The standard InChI is InChI=1S/C16H25BN2O2/c1-15(2)16(3,4)21-17(20-15)13-10-7-11-14(19-13)18-12-8-5-6-9-12/h7,10-12H,5-6,8-9H2,1-4H3,(H,18,19). The molecule has 2 heterocycles. The topological polar surface area (TPSA) is 43.4 Å². The van der Waals surface area contributed by atoms with E-state index in [1.807, 2.05) is 18.2 Å². The summed E-state index contributed by atoms with van der Waals surface area (Å²) in [6.07, 6.45) is 5.11. The van der Waals surface area contributed by atoms with Gasteiger partial charge < -0.3 is 14.6 Å². The van der Waals surface area contributed by atoms with E-state index in [2.05, 4.69) is 38.0 Å². The molecule has 21 heavy (non-hydrogen) atoms. The molecule has 0 spiro atoms. The number of rotatable bonds is 3. The molecular formula is C16H25BN2O2. The van der Waals surface area contributed by atoms with Crippen LogP contribution in [0, 0.1) is 0 Å². The van der Waals surface area contributed by atoms with Crippen LogP contribution in [0.15, 0.2) is 18.2 Å². The molecule has 0 bridgehead atoms. The maximum absolute atomic E-state index is 6.06. The van der Waals surface area contributed by atoms with Gasteiger partial charge in [-0.3, -0.25) is 0 Å². The summed E-state index contributed by atoms with van der Waals surface area (Å²) in [5.41, 5.74) is 0.194. The second-order valence-electron chi connectivity index (χ2n) is 7.16. The third-order valence-corrected chi connectivity index (χ3v) is 4.97. The highest BCUT2D eigenvalue weighted by Gasteiger charge is 2.52. The first-order chi connectivity index (χ1) is 9.87. The molecule has 1 N–H and O–H groups in total. The average molecular weight is 288 g/mol. The van der Waals surface area contributed by atoms with E-state index in [9.17, 15) is 0 Å². The molecule has 114 valence electrons. The van der Waals surface area contributed by atoms with Crippen LogP contribution in [0.1, 0.15) is 53.4 Å². The van der Waals surface area contributed by atoms with Crippen LogP contribution in [-0.4, -0.2) is 29.3 Å². The van der Waals surface area contributed by atoms with Crippen LogP contribution in [-0.2, 0) is 9.31 Å². The van der Waals surface area contributed by atoms with Gasteiger partial charge in [-0.15, -0.1) is 0 Å². The van der Waals surface area contributed by atoms with E-state index in [1.165, 1.54) is 25.7 Å². The van der Waals surface area contributed by atoms with Gasteiger partial charge in [0.05, 0.1) is 16.8 Å². The number of hydrogen-bond donors (Lipinski definition) is 1. The zero-order chi connectivity index (χ0) is 15.1. The first-order valence-electron chi connectivity index (χ1n) is 7.96. The molecular weight excluding hydrogens is 263 g/mol. The molecule has 0 aromatic carbocycles. The molecule has 4 nitrogen and oxygen atoms in total. The minimum absolute atomic E-state index is 0.325. The van der Waals surface area contributed by atoms with Crippen molar-refractivity contribution in [3.63, 3.8) is 0 Å². The van der Waals surface area contributed by atoms with Crippen molar-refractivity contribution < 1.29 is 9.31 Å². The van der Waals surface area contributed by atoms with E-state index in [0.29, 0.717) is 6.04 Å². The molecule has 3 rings (SSSR count). The number of pyridine rings is 1. The Hall–Kier alpha value is -1.07. The average Bonchev–Trinajstić information content (AvgIpc) is 2.97. The lowest BCUT2D eigenvalue weighted by Gasteiger charge is -2.32.